The zero-order valence-corrected chi connectivity index (χ0v) is 6.52. The van der Waals surface area contributed by atoms with Crippen LogP contribution in [-0.2, 0) is 0 Å². The van der Waals surface area contributed by atoms with Crippen molar-refractivity contribution in [2.75, 3.05) is 0 Å². The summed E-state index contributed by atoms with van der Waals surface area (Å²) in [6.07, 6.45) is 1.07. The maximum Gasteiger partial charge on any atom is 0.176 e. The molecule has 0 bridgehead atoms. The Morgan fingerprint density at radius 2 is 1.60 bits per heavy atom. The lowest BCUT2D eigenvalue weighted by Gasteiger charge is -2.39. The summed E-state index contributed by atoms with van der Waals surface area (Å²) in [6.45, 7) is 4.15. The van der Waals surface area contributed by atoms with Gasteiger partial charge in [-0.15, -0.1) is 0 Å². The van der Waals surface area contributed by atoms with Crippen molar-refractivity contribution in [3.63, 3.8) is 0 Å². The van der Waals surface area contributed by atoms with Crippen LogP contribution in [0.5, 0.6) is 0 Å². The molecule has 0 radical (unpaired) electrons. The van der Waals surface area contributed by atoms with Gasteiger partial charge in [0.2, 0.25) is 0 Å². The second-order valence-corrected chi connectivity index (χ2v) is 3.20. The second-order valence-electron chi connectivity index (χ2n) is 3.20. The number of nitrogens with one attached hydrogen (secondary N) is 2. The van der Waals surface area contributed by atoms with Crippen molar-refractivity contribution in [2.45, 2.75) is 38.3 Å². The van der Waals surface area contributed by atoms with Crippen molar-refractivity contribution in [3.8, 4) is 0 Å². The molecular weight excluding hydrogens is 128 g/mol. The van der Waals surface area contributed by atoms with Gasteiger partial charge in [0.25, 0.3) is 0 Å². The Morgan fingerprint density at radius 3 is 1.90 bits per heavy atom. The van der Waals surface area contributed by atoms with E-state index < -0.39 is 5.91 Å². The van der Waals surface area contributed by atoms with Crippen molar-refractivity contribution in [2.24, 2.45) is 11.5 Å². The number of hydrogen-bond donors (Lipinski definition) is 4. The van der Waals surface area contributed by atoms with Crippen LogP contribution in [0.3, 0.4) is 0 Å². The van der Waals surface area contributed by atoms with Crippen LogP contribution < -0.4 is 22.1 Å². The molecular formula is C6H16N4. The van der Waals surface area contributed by atoms with Crippen molar-refractivity contribution in [1.29, 1.82) is 0 Å². The van der Waals surface area contributed by atoms with Gasteiger partial charge in [-0.3, -0.25) is 22.1 Å². The lowest BCUT2D eigenvalue weighted by molar-refractivity contribution is 0.163. The highest BCUT2D eigenvalue weighted by atomic mass is 15.4. The van der Waals surface area contributed by atoms with E-state index in [1.54, 1.807) is 0 Å². The molecule has 0 amide bonds. The summed E-state index contributed by atoms with van der Waals surface area (Å²) in [5.41, 5.74) is 11.2. The van der Waals surface area contributed by atoms with Crippen LogP contribution in [0.2, 0.25) is 0 Å². The summed E-state index contributed by atoms with van der Waals surface area (Å²) in [6, 6.07) is 0.789. The highest BCUT2D eigenvalue weighted by Crippen LogP contribution is 2.05. The molecule has 2 unspecified atom stereocenters. The van der Waals surface area contributed by atoms with Gasteiger partial charge in [-0.05, 0) is 20.3 Å². The Labute approximate surface area is 61.3 Å². The van der Waals surface area contributed by atoms with Crippen LogP contribution >= 0.6 is 0 Å². The van der Waals surface area contributed by atoms with E-state index in [0.717, 1.165) is 6.42 Å². The third kappa shape index (κ3) is 1.91. The molecule has 0 aliphatic carbocycles. The lowest BCUT2D eigenvalue weighted by Crippen LogP contribution is -2.77. The van der Waals surface area contributed by atoms with Gasteiger partial charge in [-0.2, -0.15) is 0 Å². The molecule has 1 aliphatic heterocycles. The zero-order chi connectivity index (χ0) is 7.78. The topological polar surface area (TPSA) is 76.1 Å². The van der Waals surface area contributed by atoms with Crippen molar-refractivity contribution >= 4 is 0 Å². The fraction of sp³-hybridized carbons (Fsp3) is 1.00. The average Bonchev–Trinajstić information content (AvgIpc) is 1.54. The second kappa shape index (κ2) is 2.47. The first-order chi connectivity index (χ1) is 4.49. The van der Waals surface area contributed by atoms with E-state index in [1.165, 1.54) is 0 Å². The van der Waals surface area contributed by atoms with Crippen LogP contribution in [0.15, 0.2) is 0 Å². The van der Waals surface area contributed by atoms with Crippen molar-refractivity contribution in [3.05, 3.63) is 0 Å². The summed E-state index contributed by atoms with van der Waals surface area (Å²) < 4.78 is 0. The molecule has 1 heterocycles. The smallest absolute Gasteiger partial charge is 0.176 e. The van der Waals surface area contributed by atoms with Crippen LogP contribution in [0.4, 0.5) is 0 Å². The highest BCUT2D eigenvalue weighted by molar-refractivity contribution is 4.86. The van der Waals surface area contributed by atoms with E-state index >= 15 is 0 Å². The minimum atomic E-state index is -0.878. The largest absolute Gasteiger partial charge is 0.288 e. The molecule has 6 N–H and O–H groups in total. The molecule has 0 saturated carbocycles. The maximum atomic E-state index is 5.61. The maximum absolute atomic E-state index is 5.61. The van der Waals surface area contributed by atoms with E-state index in [-0.39, 0.29) is 0 Å². The van der Waals surface area contributed by atoms with E-state index in [2.05, 4.69) is 24.5 Å². The van der Waals surface area contributed by atoms with E-state index in [1.807, 2.05) is 0 Å². The van der Waals surface area contributed by atoms with Gasteiger partial charge in [0.1, 0.15) is 0 Å². The predicted octanol–water partition coefficient (Wildman–Crippen LogP) is -1.12. The molecule has 0 aromatic carbocycles. The summed E-state index contributed by atoms with van der Waals surface area (Å²) in [7, 11) is 0. The van der Waals surface area contributed by atoms with Crippen LogP contribution in [0.25, 0.3) is 0 Å². The average molecular weight is 144 g/mol. The third-order valence-corrected chi connectivity index (χ3v) is 1.68. The van der Waals surface area contributed by atoms with Crippen LogP contribution in [0.1, 0.15) is 20.3 Å². The summed E-state index contributed by atoms with van der Waals surface area (Å²) in [5, 5.41) is 6.06. The first-order valence-corrected chi connectivity index (χ1v) is 3.63. The SMILES string of the molecule is CC1CC(C)NC(N)(N)N1. The lowest BCUT2D eigenvalue weighted by atomic mass is 10.1. The molecule has 2 atom stereocenters. The first kappa shape index (κ1) is 7.94. The van der Waals surface area contributed by atoms with E-state index in [9.17, 15) is 0 Å². The Hall–Kier alpha value is -0.160. The van der Waals surface area contributed by atoms with Gasteiger partial charge in [0.05, 0.1) is 0 Å². The fourth-order valence-electron chi connectivity index (χ4n) is 1.51. The van der Waals surface area contributed by atoms with Crippen LogP contribution in [0, 0.1) is 0 Å². The van der Waals surface area contributed by atoms with Crippen LogP contribution in [-0.4, -0.2) is 18.0 Å². The van der Waals surface area contributed by atoms with Crippen molar-refractivity contribution in [1.82, 2.24) is 10.6 Å². The number of rotatable bonds is 0. The van der Waals surface area contributed by atoms with Gasteiger partial charge in [0, 0.05) is 12.1 Å². The quantitative estimate of drug-likeness (QED) is 0.325. The Balaban J connectivity index is 2.51. The number of hydrogen-bond acceptors (Lipinski definition) is 4. The highest BCUT2D eigenvalue weighted by Gasteiger charge is 2.28. The molecule has 1 saturated heterocycles. The molecule has 0 aromatic rings. The van der Waals surface area contributed by atoms with Gasteiger partial charge in [0.15, 0.2) is 5.91 Å². The molecule has 1 fully saturated rings. The van der Waals surface area contributed by atoms with Crippen molar-refractivity contribution < 1.29 is 0 Å². The summed E-state index contributed by atoms with van der Waals surface area (Å²) >= 11 is 0. The predicted molar refractivity (Wildman–Crippen MR) is 40.9 cm³/mol. The standard InChI is InChI=1S/C6H16N4/c1-4-3-5(2)10-6(7,8)9-4/h4-5,9-10H,3,7-8H2,1-2H3. The van der Waals surface area contributed by atoms with E-state index in [4.69, 9.17) is 11.5 Å². The first-order valence-electron chi connectivity index (χ1n) is 3.63. The van der Waals surface area contributed by atoms with Gasteiger partial charge < -0.3 is 0 Å². The monoisotopic (exact) mass is 144 g/mol. The zero-order valence-electron chi connectivity index (χ0n) is 6.52. The molecule has 0 spiro atoms. The summed E-state index contributed by atoms with van der Waals surface area (Å²) in [4.78, 5) is 0. The van der Waals surface area contributed by atoms with E-state index in [0.29, 0.717) is 12.1 Å². The Kier molecular flexibility index (Phi) is 1.96. The molecule has 0 aromatic heterocycles. The molecule has 10 heavy (non-hydrogen) atoms. The Bertz CT molecular complexity index is 111. The molecule has 60 valence electrons. The van der Waals surface area contributed by atoms with Gasteiger partial charge >= 0.3 is 0 Å². The Morgan fingerprint density at radius 1 is 1.20 bits per heavy atom. The van der Waals surface area contributed by atoms with Gasteiger partial charge in [-0.25, -0.2) is 0 Å². The van der Waals surface area contributed by atoms with Gasteiger partial charge in [-0.1, -0.05) is 0 Å². The summed E-state index contributed by atoms with van der Waals surface area (Å²) in [5.74, 6) is -0.878. The third-order valence-electron chi connectivity index (χ3n) is 1.68. The minimum absolute atomic E-state index is 0.395. The molecule has 1 aliphatic rings. The molecule has 1 rings (SSSR count). The molecule has 4 nitrogen and oxygen atoms in total. The normalized spacial score (nSPS) is 39.6. The molecule has 4 heteroatoms. The minimum Gasteiger partial charge on any atom is -0.288 e. The number of nitrogens with two attached hydrogens (primary N) is 2. The fourth-order valence-corrected chi connectivity index (χ4v) is 1.51.